The molecule has 6 heteroatoms. The molecule has 2 amide bonds. The third-order valence-corrected chi connectivity index (χ3v) is 5.69. The molecule has 1 atom stereocenters. The van der Waals surface area contributed by atoms with Crippen LogP contribution in [0.25, 0.3) is 10.9 Å². The molecule has 0 aliphatic carbocycles. The van der Waals surface area contributed by atoms with Crippen LogP contribution in [0.15, 0.2) is 85.1 Å². The monoisotopic (exact) mass is 441 g/mol. The Hall–Kier alpha value is -4.06. The van der Waals surface area contributed by atoms with E-state index in [2.05, 4.69) is 33.8 Å². The van der Waals surface area contributed by atoms with Gasteiger partial charge in [-0.3, -0.25) is 9.59 Å². The summed E-state index contributed by atoms with van der Waals surface area (Å²) in [5, 5.41) is 6.98. The van der Waals surface area contributed by atoms with Crippen molar-refractivity contribution in [2.75, 3.05) is 20.2 Å². The summed E-state index contributed by atoms with van der Waals surface area (Å²) in [7, 11) is 1.52. The first-order chi connectivity index (χ1) is 16.2. The lowest BCUT2D eigenvalue weighted by molar-refractivity contribution is -0.120. The van der Waals surface area contributed by atoms with E-state index in [1.54, 1.807) is 24.3 Å². The summed E-state index contributed by atoms with van der Waals surface area (Å²) in [6.07, 6.45) is 2.21. The fourth-order valence-corrected chi connectivity index (χ4v) is 4.00. The first kappa shape index (κ1) is 22.1. The minimum atomic E-state index is -0.263. The highest BCUT2D eigenvalue weighted by Gasteiger charge is 2.19. The van der Waals surface area contributed by atoms with Crippen molar-refractivity contribution in [3.63, 3.8) is 0 Å². The molecule has 0 unspecified atom stereocenters. The minimum absolute atomic E-state index is 0.00877. The minimum Gasteiger partial charge on any atom is -0.496 e. The van der Waals surface area contributed by atoms with Crippen molar-refractivity contribution < 1.29 is 14.3 Å². The molecular formula is C27H27N3O3. The Bertz CT molecular complexity index is 1230. The second-order valence-corrected chi connectivity index (χ2v) is 7.76. The molecule has 3 aromatic carbocycles. The normalized spacial score (nSPS) is 11.7. The molecule has 4 rings (SSSR count). The molecule has 0 aliphatic heterocycles. The first-order valence-electron chi connectivity index (χ1n) is 11.0. The van der Waals surface area contributed by atoms with Gasteiger partial charge in [0.05, 0.1) is 12.7 Å². The summed E-state index contributed by atoms with van der Waals surface area (Å²) in [6.45, 7) is 0.705. The van der Waals surface area contributed by atoms with Crippen molar-refractivity contribution >= 4 is 22.7 Å². The fourth-order valence-electron chi connectivity index (χ4n) is 4.00. The van der Waals surface area contributed by atoms with Crippen molar-refractivity contribution in [3.05, 3.63) is 102 Å². The summed E-state index contributed by atoms with van der Waals surface area (Å²) < 4.78 is 5.22. The van der Waals surface area contributed by atoms with Crippen LogP contribution in [-0.4, -0.2) is 37.0 Å². The molecule has 0 bridgehead atoms. The highest BCUT2D eigenvalue weighted by molar-refractivity contribution is 5.97. The van der Waals surface area contributed by atoms with Crippen LogP contribution >= 0.6 is 0 Å². The molecular weight excluding hydrogens is 414 g/mol. The molecule has 1 heterocycles. The zero-order valence-electron chi connectivity index (χ0n) is 18.5. The molecule has 33 heavy (non-hydrogen) atoms. The van der Waals surface area contributed by atoms with Crippen LogP contribution in [-0.2, 0) is 4.79 Å². The molecule has 4 aromatic rings. The van der Waals surface area contributed by atoms with Crippen LogP contribution < -0.4 is 15.4 Å². The summed E-state index contributed by atoms with van der Waals surface area (Å²) >= 11 is 0. The maximum Gasteiger partial charge on any atom is 0.255 e. The topological polar surface area (TPSA) is 83.2 Å². The maximum absolute atomic E-state index is 12.6. The molecule has 0 aliphatic rings. The Morgan fingerprint density at radius 1 is 0.909 bits per heavy atom. The average Bonchev–Trinajstić information content (AvgIpc) is 3.29. The Morgan fingerprint density at radius 2 is 1.64 bits per heavy atom. The second-order valence-electron chi connectivity index (χ2n) is 7.76. The van der Waals surface area contributed by atoms with Crippen molar-refractivity contribution in [1.82, 2.24) is 15.6 Å². The number of para-hydroxylation sites is 2. The van der Waals surface area contributed by atoms with E-state index in [-0.39, 0.29) is 30.7 Å². The van der Waals surface area contributed by atoms with Gasteiger partial charge in [0.1, 0.15) is 5.75 Å². The summed E-state index contributed by atoms with van der Waals surface area (Å²) in [5.74, 6) is 0.135. The quantitative estimate of drug-likeness (QED) is 0.363. The number of rotatable bonds is 9. The highest BCUT2D eigenvalue weighted by atomic mass is 16.5. The average molecular weight is 442 g/mol. The number of methoxy groups -OCH3 is 1. The van der Waals surface area contributed by atoms with Gasteiger partial charge in [-0.25, -0.2) is 0 Å². The first-order valence-corrected chi connectivity index (χ1v) is 11.0. The number of amides is 2. The van der Waals surface area contributed by atoms with Crippen molar-refractivity contribution in [1.29, 1.82) is 0 Å². The summed E-state index contributed by atoms with van der Waals surface area (Å²) in [4.78, 5) is 28.3. The smallest absolute Gasteiger partial charge is 0.255 e. The predicted molar refractivity (Wildman–Crippen MR) is 130 cm³/mol. The molecule has 0 saturated carbocycles. The Labute approximate surface area is 193 Å². The maximum atomic E-state index is 12.6. The van der Waals surface area contributed by atoms with E-state index >= 15 is 0 Å². The fraction of sp³-hybridized carbons (Fsp3) is 0.185. The van der Waals surface area contributed by atoms with Gasteiger partial charge in [-0.05, 0) is 29.3 Å². The largest absolute Gasteiger partial charge is 0.496 e. The zero-order chi connectivity index (χ0) is 23.0. The van der Waals surface area contributed by atoms with Crippen LogP contribution in [0.5, 0.6) is 5.75 Å². The molecule has 168 valence electrons. The Balaban J connectivity index is 1.38. The molecule has 3 N–H and O–H groups in total. The van der Waals surface area contributed by atoms with Gasteiger partial charge in [0.15, 0.2) is 0 Å². The van der Waals surface area contributed by atoms with Crippen LogP contribution in [0.3, 0.4) is 0 Å². The van der Waals surface area contributed by atoms with Crippen molar-refractivity contribution in [2.45, 2.75) is 12.3 Å². The van der Waals surface area contributed by atoms with Gasteiger partial charge >= 0.3 is 0 Å². The lowest BCUT2D eigenvalue weighted by Crippen LogP contribution is -2.33. The van der Waals surface area contributed by atoms with E-state index < -0.39 is 0 Å². The van der Waals surface area contributed by atoms with Gasteiger partial charge in [0.2, 0.25) is 5.91 Å². The number of benzene rings is 3. The van der Waals surface area contributed by atoms with E-state index in [0.717, 1.165) is 22.0 Å². The molecule has 1 aromatic heterocycles. The van der Waals surface area contributed by atoms with Gasteiger partial charge in [0.25, 0.3) is 5.91 Å². The zero-order valence-corrected chi connectivity index (χ0v) is 18.5. The number of aromatic amines is 1. The lowest BCUT2D eigenvalue weighted by atomic mass is 9.91. The van der Waals surface area contributed by atoms with Gasteiger partial charge in [-0.2, -0.15) is 0 Å². The van der Waals surface area contributed by atoms with Gasteiger partial charge in [-0.15, -0.1) is 0 Å². The van der Waals surface area contributed by atoms with E-state index in [1.165, 1.54) is 7.11 Å². The number of nitrogens with one attached hydrogen (secondary N) is 3. The number of fused-ring (bicyclic) bond motifs is 1. The predicted octanol–water partition coefficient (Wildman–Crippen LogP) is 4.24. The Kier molecular flexibility index (Phi) is 7.05. The molecule has 0 saturated heterocycles. The molecule has 0 fully saturated rings. The van der Waals surface area contributed by atoms with Crippen LogP contribution in [0.4, 0.5) is 0 Å². The number of hydrogen-bond acceptors (Lipinski definition) is 3. The van der Waals surface area contributed by atoms with Crippen LogP contribution in [0, 0.1) is 0 Å². The van der Waals surface area contributed by atoms with E-state index in [9.17, 15) is 9.59 Å². The highest BCUT2D eigenvalue weighted by Crippen LogP contribution is 2.30. The Morgan fingerprint density at radius 3 is 2.45 bits per heavy atom. The lowest BCUT2D eigenvalue weighted by Gasteiger charge is -2.18. The van der Waals surface area contributed by atoms with Gasteiger partial charge in [-0.1, -0.05) is 60.7 Å². The number of ether oxygens (including phenoxy) is 1. The van der Waals surface area contributed by atoms with Gasteiger partial charge < -0.3 is 20.4 Å². The van der Waals surface area contributed by atoms with E-state index in [4.69, 9.17) is 4.74 Å². The van der Waals surface area contributed by atoms with Crippen LogP contribution in [0.2, 0.25) is 0 Å². The van der Waals surface area contributed by atoms with Crippen molar-refractivity contribution in [2.24, 2.45) is 0 Å². The van der Waals surface area contributed by atoms with E-state index in [1.807, 2.05) is 42.6 Å². The second kappa shape index (κ2) is 10.5. The van der Waals surface area contributed by atoms with E-state index in [0.29, 0.717) is 17.9 Å². The standard InChI is InChI=1S/C27H27N3O3/c1-33-25-14-8-6-12-21(25)27(32)28-16-15-26(31)30-17-22(19-9-3-2-4-10-19)23-18-29-24-13-7-5-11-20(23)24/h2-14,18,22,29H,15-17H2,1H3,(H,28,32)(H,30,31)/t22-/m0/s1. The van der Waals surface area contributed by atoms with Crippen LogP contribution in [0.1, 0.15) is 33.8 Å². The molecule has 0 radical (unpaired) electrons. The summed E-state index contributed by atoms with van der Waals surface area (Å²) in [5.41, 5.74) is 3.79. The summed E-state index contributed by atoms with van der Waals surface area (Å²) in [6, 6.07) is 25.3. The van der Waals surface area contributed by atoms with Crippen molar-refractivity contribution in [3.8, 4) is 5.75 Å². The molecule has 6 nitrogen and oxygen atoms in total. The SMILES string of the molecule is COc1ccccc1C(=O)NCCC(=O)NC[C@@H](c1ccccc1)c1c[nH]c2ccccc12. The number of carbonyl (C=O) groups excluding carboxylic acids is 2. The van der Waals surface area contributed by atoms with Gasteiger partial charge in [0, 0.05) is 42.5 Å². The third kappa shape index (κ3) is 5.23. The third-order valence-electron chi connectivity index (χ3n) is 5.69. The number of hydrogen-bond donors (Lipinski definition) is 3. The number of H-pyrrole nitrogens is 1. The number of aromatic nitrogens is 1. The number of carbonyl (C=O) groups is 2. The molecule has 0 spiro atoms.